The summed E-state index contributed by atoms with van der Waals surface area (Å²) in [4.78, 5) is 10.7. The van der Waals surface area contributed by atoms with Crippen molar-refractivity contribution in [3.05, 3.63) is 35.9 Å². The molecule has 1 rings (SSSR count). The fourth-order valence-electron chi connectivity index (χ4n) is 1.26. The highest BCUT2D eigenvalue weighted by atomic mass is 16.5. The van der Waals surface area contributed by atoms with E-state index in [0.29, 0.717) is 6.42 Å². The van der Waals surface area contributed by atoms with Crippen molar-refractivity contribution in [3.63, 3.8) is 0 Å². The van der Waals surface area contributed by atoms with Crippen LogP contribution in [0.15, 0.2) is 30.3 Å². The number of ether oxygens (including phenoxy) is 1. The molecule has 0 bridgehead atoms. The molecule has 1 unspecified atom stereocenters. The van der Waals surface area contributed by atoms with E-state index in [1.807, 2.05) is 30.3 Å². The van der Waals surface area contributed by atoms with E-state index in [4.69, 9.17) is 9.84 Å². The van der Waals surface area contributed by atoms with E-state index >= 15 is 0 Å². The normalized spacial score (nSPS) is 12.1. The molecule has 0 saturated heterocycles. The van der Waals surface area contributed by atoms with Gasteiger partial charge in [-0.2, -0.15) is 0 Å². The van der Waals surface area contributed by atoms with Crippen molar-refractivity contribution in [1.82, 2.24) is 0 Å². The van der Waals surface area contributed by atoms with Gasteiger partial charge in [-0.25, -0.2) is 0 Å². The molecule has 0 aromatic heterocycles. The molecule has 0 aliphatic heterocycles. The van der Waals surface area contributed by atoms with E-state index in [2.05, 4.69) is 0 Å². The third kappa shape index (κ3) is 3.58. The van der Waals surface area contributed by atoms with Crippen LogP contribution in [-0.2, 0) is 16.0 Å². The predicted molar refractivity (Wildman–Crippen MR) is 52.8 cm³/mol. The summed E-state index contributed by atoms with van der Waals surface area (Å²) in [6, 6.07) is 9.62. The maximum Gasteiger partial charge on any atom is 0.302 e. The second kappa shape index (κ2) is 5.40. The molecule has 0 radical (unpaired) electrons. The number of benzene rings is 1. The number of carbonyl (C=O) groups is 1. The monoisotopic (exact) mass is 194 g/mol. The van der Waals surface area contributed by atoms with Gasteiger partial charge in [-0.1, -0.05) is 30.3 Å². The van der Waals surface area contributed by atoms with Crippen molar-refractivity contribution in [2.45, 2.75) is 19.4 Å². The van der Waals surface area contributed by atoms with Gasteiger partial charge < -0.3 is 9.84 Å². The van der Waals surface area contributed by atoms with Crippen LogP contribution >= 0.6 is 0 Å². The zero-order valence-corrected chi connectivity index (χ0v) is 8.14. The highest BCUT2D eigenvalue weighted by molar-refractivity contribution is 5.66. The van der Waals surface area contributed by atoms with E-state index in [-0.39, 0.29) is 12.6 Å². The smallest absolute Gasteiger partial charge is 0.302 e. The molecule has 76 valence electrons. The summed E-state index contributed by atoms with van der Waals surface area (Å²) < 4.78 is 4.91. The Morgan fingerprint density at radius 1 is 1.43 bits per heavy atom. The first-order chi connectivity index (χ1) is 6.72. The largest absolute Gasteiger partial charge is 0.460 e. The number of carbonyl (C=O) groups excluding carboxylic acids is 1. The lowest BCUT2D eigenvalue weighted by Crippen LogP contribution is -2.22. The van der Waals surface area contributed by atoms with Crippen LogP contribution in [0, 0.1) is 0 Å². The Kier molecular flexibility index (Phi) is 4.13. The van der Waals surface area contributed by atoms with E-state index in [9.17, 15) is 4.79 Å². The molecule has 0 saturated carbocycles. The van der Waals surface area contributed by atoms with Crippen molar-refractivity contribution in [3.8, 4) is 0 Å². The minimum atomic E-state index is -0.435. The van der Waals surface area contributed by atoms with Crippen LogP contribution in [0.2, 0.25) is 0 Å². The summed E-state index contributed by atoms with van der Waals surface area (Å²) in [5, 5.41) is 8.96. The standard InChI is InChI=1S/C11H14O3/c1-9(13)14-11(8-12)7-10-5-3-2-4-6-10/h2-6,11-12H,7-8H2,1H3. The van der Waals surface area contributed by atoms with Gasteiger partial charge in [0.25, 0.3) is 0 Å². The lowest BCUT2D eigenvalue weighted by Gasteiger charge is -2.13. The number of aliphatic hydroxyl groups is 1. The maximum atomic E-state index is 10.7. The molecule has 1 aromatic rings. The van der Waals surface area contributed by atoms with Crippen LogP contribution in [0.5, 0.6) is 0 Å². The molecule has 0 amide bonds. The summed E-state index contributed by atoms with van der Waals surface area (Å²) in [6.45, 7) is 1.20. The lowest BCUT2D eigenvalue weighted by molar-refractivity contribution is -0.148. The molecule has 0 spiro atoms. The Morgan fingerprint density at radius 2 is 2.07 bits per heavy atom. The Labute approximate surface area is 83.3 Å². The molecular formula is C11H14O3. The Bertz CT molecular complexity index is 282. The number of hydrogen-bond acceptors (Lipinski definition) is 3. The summed E-state index contributed by atoms with van der Waals surface area (Å²) in [5.41, 5.74) is 1.05. The fourth-order valence-corrected chi connectivity index (χ4v) is 1.26. The van der Waals surface area contributed by atoms with Crippen molar-refractivity contribution >= 4 is 5.97 Å². The second-order valence-corrected chi connectivity index (χ2v) is 3.10. The number of esters is 1. The van der Waals surface area contributed by atoms with E-state index in [0.717, 1.165) is 5.56 Å². The Morgan fingerprint density at radius 3 is 2.57 bits per heavy atom. The van der Waals surface area contributed by atoms with Crippen LogP contribution in [0.4, 0.5) is 0 Å². The third-order valence-electron chi connectivity index (χ3n) is 1.84. The lowest BCUT2D eigenvalue weighted by atomic mass is 10.1. The second-order valence-electron chi connectivity index (χ2n) is 3.10. The van der Waals surface area contributed by atoms with Gasteiger partial charge in [0, 0.05) is 13.3 Å². The first kappa shape index (κ1) is 10.7. The number of rotatable bonds is 4. The molecule has 3 nitrogen and oxygen atoms in total. The molecule has 0 aliphatic carbocycles. The third-order valence-corrected chi connectivity index (χ3v) is 1.84. The first-order valence-corrected chi connectivity index (χ1v) is 4.54. The van der Waals surface area contributed by atoms with Gasteiger partial charge >= 0.3 is 5.97 Å². The quantitative estimate of drug-likeness (QED) is 0.731. The van der Waals surface area contributed by atoms with Gasteiger partial charge in [0.1, 0.15) is 6.10 Å². The molecule has 14 heavy (non-hydrogen) atoms. The minimum Gasteiger partial charge on any atom is -0.460 e. The highest BCUT2D eigenvalue weighted by Crippen LogP contribution is 2.05. The highest BCUT2D eigenvalue weighted by Gasteiger charge is 2.10. The zero-order chi connectivity index (χ0) is 10.4. The SMILES string of the molecule is CC(=O)OC(CO)Cc1ccccc1. The maximum absolute atomic E-state index is 10.7. The first-order valence-electron chi connectivity index (χ1n) is 4.54. The summed E-state index contributed by atoms with van der Waals surface area (Å²) in [6.07, 6.45) is 0.117. The zero-order valence-electron chi connectivity index (χ0n) is 8.14. The van der Waals surface area contributed by atoms with Crippen LogP contribution in [0.25, 0.3) is 0 Å². The molecule has 1 N–H and O–H groups in total. The van der Waals surface area contributed by atoms with E-state index in [1.54, 1.807) is 0 Å². The molecule has 1 aromatic carbocycles. The minimum absolute atomic E-state index is 0.144. The van der Waals surface area contributed by atoms with Crippen LogP contribution in [0.3, 0.4) is 0 Å². The van der Waals surface area contributed by atoms with Gasteiger partial charge in [-0.3, -0.25) is 4.79 Å². The van der Waals surface area contributed by atoms with Crippen LogP contribution in [-0.4, -0.2) is 23.8 Å². The summed E-state index contributed by atoms with van der Waals surface area (Å²) in [7, 11) is 0. The Balaban J connectivity index is 2.53. The van der Waals surface area contributed by atoms with Gasteiger partial charge in [0.2, 0.25) is 0 Å². The number of aliphatic hydroxyl groups excluding tert-OH is 1. The average molecular weight is 194 g/mol. The topological polar surface area (TPSA) is 46.5 Å². The van der Waals surface area contributed by atoms with Crippen molar-refractivity contribution in [1.29, 1.82) is 0 Å². The molecular weight excluding hydrogens is 180 g/mol. The average Bonchev–Trinajstić information content (AvgIpc) is 2.17. The summed E-state index contributed by atoms with van der Waals surface area (Å²) in [5.74, 6) is -0.361. The van der Waals surface area contributed by atoms with Crippen molar-refractivity contribution in [2.75, 3.05) is 6.61 Å². The molecule has 3 heteroatoms. The van der Waals surface area contributed by atoms with Gasteiger partial charge in [0.05, 0.1) is 6.61 Å². The van der Waals surface area contributed by atoms with Gasteiger partial charge in [0.15, 0.2) is 0 Å². The van der Waals surface area contributed by atoms with Crippen molar-refractivity contribution < 1.29 is 14.6 Å². The van der Waals surface area contributed by atoms with E-state index < -0.39 is 6.10 Å². The van der Waals surface area contributed by atoms with Crippen LogP contribution < -0.4 is 0 Å². The molecule has 0 heterocycles. The Hall–Kier alpha value is -1.35. The van der Waals surface area contributed by atoms with Gasteiger partial charge in [-0.05, 0) is 5.56 Å². The van der Waals surface area contributed by atoms with E-state index in [1.165, 1.54) is 6.92 Å². The molecule has 0 fully saturated rings. The number of hydrogen-bond donors (Lipinski definition) is 1. The van der Waals surface area contributed by atoms with Gasteiger partial charge in [-0.15, -0.1) is 0 Å². The fraction of sp³-hybridized carbons (Fsp3) is 0.364. The summed E-state index contributed by atoms with van der Waals surface area (Å²) >= 11 is 0. The van der Waals surface area contributed by atoms with Crippen LogP contribution in [0.1, 0.15) is 12.5 Å². The molecule has 1 atom stereocenters. The molecule has 0 aliphatic rings. The predicted octanol–water partition coefficient (Wildman–Crippen LogP) is 1.15. The van der Waals surface area contributed by atoms with Crippen molar-refractivity contribution in [2.24, 2.45) is 0 Å².